The minimum Gasteiger partial charge on any atom is -0.388 e. The number of carbonyl (C=O) groups is 1. The van der Waals surface area contributed by atoms with E-state index in [-0.39, 0.29) is 17.7 Å². The summed E-state index contributed by atoms with van der Waals surface area (Å²) in [5, 5.41) is 13.0. The highest BCUT2D eigenvalue weighted by molar-refractivity contribution is 5.78. The lowest BCUT2D eigenvalue weighted by atomic mass is 9.82. The molecule has 2 N–H and O–H groups in total. The van der Waals surface area contributed by atoms with Crippen molar-refractivity contribution < 1.29 is 9.90 Å². The Morgan fingerprint density at radius 3 is 2.65 bits per heavy atom. The average Bonchev–Trinajstić information content (AvgIpc) is 2.25. The molecule has 3 nitrogen and oxygen atoms in total. The molecule has 3 heteroatoms. The van der Waals surface area contributed by atoms with Crippen molar-refractivity contribution in [1.29, 1.82) is 0 Å². The van der Waals surface area contributed by atoms with Crippen molar-refractivity contribution in [3.05, 3.63) is 0 Å². The lowest BCUT2D eigenvalue weighted by molar-refractivity contribution is -0.128. The van der Waals surface area contributed by atoms with Gasteiger partial charge in [-0.3, -0.25) is 4.79 Å². The van der Waals surface area contributed by atoms with Gasteiger partial charge in [-0.25, -0.2) is 0 Å². The molecule has 0 saturated heterocycles. The Morgan fingerprint density at radius 1 is 1.47 bits per heavy atom. The third kappa shape index (κ3) is 4.30. The summed E-state index contributed by atoms with van der Waals surface area (Å²) in [5.41, 5.74) is -0.810. The third-order valence-electron chi connectivity index (χ3n) is 4.17. The van der Waals surface area contributed by atoms with Crippen molar-refractivity contribution >= 4 is 5.91 Å². The fourth-order valence-corrected chi connectivity index (χ4v) is 2.29. The molecule has 0 aromatic heterocycles. The summed E-state index contributed by atoms with van der Waals surface area (Å²) in [7, 11) is 0. The highest BCUT2D eigenvalue weighted by Crippen LogP contribution is 2.28. The second-order valence-corrected chi connectivity index (χ2v) is 6.20. The molecule has 1 aliphatic rings. The molecule has 0 aromatic carbocycles. The fraction of sp³-hybridized carbons (Fsp3) is 0.929. The van der Waals surface area contributed by atoms with Gasteiger partial charge < -0.3 is 10.4 Å². The molecule has 0 aliphatic heterocycles. The van der Waals surface area contributed by atoms with Gasteiger partial charge in [0.1, 0.15) is 0 Å². The minimum atomic E-state index is -0.810. The number of amides is 1. The molecule has 0 spiro atoms. The second kappa shape index (κ2) is 5.85. The Balaban J connectivity index is 2.39. The third-order valence-corrected chi connectivity index (χ3v) is 4.17. The number of hydrogen-bond acceptors (Lipinski definition) is 2. The summed E-state index contributed by atoms with van der Waals surface area (Å²) in [6, 6.07) is 0. The molecular formula is C14H27NO2. The molecule has 1 rings (SSSR count). The number of rotatable bonds is 4. The quantitative estimate of drug-likeness (QED) is 0.793. The van der Waals surface area contributed by atoms with Gasteiger partial charge >= 0.3 is 0 Å². The van der Waals surface area contributed by atoms with Crippen LogP contribution in [0.25, 0.3) is 0 Å². The Hall–Kier alpha value is -0.570. The van der Waals surface area contributed by atoms with Crippen LogP contribution < -0.4 is 5.32 Å². The van der Waals surface area contributed by atoms with Gasteiger partial charge in [-0.1, -0.05) is 33.6 Å². The van der Waals surface area contributed by atoms with Gasteiger partial charge in [0.05, 0.1) is 5.60 Å². The molecule has 0 radical (unpaired) electrons. The van der Waals surface area contributed by atoms with Gasteiger partial charge in [-0.05, 0) is 31.6 Å². The van der Waals surface area contributed by atoms with Crippen LogP contribution in [-0.2, 0) is 4.79 Å². The van der Waals surface area contributed by atoms with Crippen LogP contribution in [-0.4, -0.2) is 23.2 Å². The van der Waals surface area contributed by atoms with Gasteiger partial charge in [0.2, 0.25) is 5.91 Å². The van der Waals surface area contributed by atoms with Crippen LogP contribution >= 0.6 is 0 Å². The maximum absolute atomic E-state index is 12.0. The molecule has 1 fully saturated rings. The number of hydrogen-bond donors (Lipinski definition) is 2. The largest absolute Gasteiger partial charge is 0.388 e. The predicted octanol–water partition coefficient (Wildman–Crippen LogP) is 2.34. The molecule has 1 amide bonds. The van der Waals surface area contributed by atoms with Gasteiger partial charge in [-0.2, -0.15) is 0 Å². The molecule has 100 valence electrons. The van der Waals surface area contributed by atoms with E-state index in [2.05, 4.69) is 12.2 Å². The zero-order chi connectivity index (χ0) is 13.1. The van der Waals surface area contributed by atoms with Gasteiger partial charge in [-0.15, -0.1) is 0 Å². The summed E-state index contributed by atoms with van der Waals surface area (Å²) in [4.78, 5) is 12.0. The van der Waals surface area contributed by atoms with Crippen LogP contribution in [0, 0.1) is 17.8 Å². The van der Waals surface area contributed by atoms with Crippen LogP contribution in [0.1, 0.15) is 53.4 Å². The minimum absolute atomic E-state index is 0.123. The van der Waals surface area contributed by atoms with E-state index >= 15 is 0 Å². The van der Waals surface area contributed by atoms with Gasteiger partial charge in [0, 0.05) is 12.5 Å². The average molecular weight is 241 g/mol. The van der Waals surface area contributed by atoms with Crippen molar-refractivity contribution in [2.24, 2.45) is 17.8 Å². The van der Waals surface area contributed by atoms with E-state index in [9.17, 15) is 9.90 Å². The van der Waals surface area contributed by atoms with E-state index in [1.165, 1.54) is 6.42 Å². The highest BCUT2D eigenvalue weighted by Gasteiger charge is 2.29. The second-order valence-electron chi connectivity index (χ2n) is 6.20. The fourth-order valence-electron chi connectivity index (χ4n) is 2.29. The summed E-state index contributed by atoms with van der Waals surface area (Å²) in [5.74, 6) is 1.08. The normalized spacial score (nSPS) is 28.8. The van der Waals surface area contributed by atoms with E-state index in [1.807, 2.05) is 13.8 Å². The molecule has 3 unspecified atom stereocenters. The standard InChI is InChI=1S/C14H27NO2/c1-10(2)14(4,17)9-15-13(16)12-7-5-6-11(3)8-12/h10-12,17H,5-9H2,1-4H3,(H,15,16). The first-order chi connectivity index (χ1) is 7.83. The topological polar surface area (TPSA) is 49.3 Å². The molecule has 1 saturated carbocycles. The van der Waals surface area contributed by atoms with Crippen molar-refractivity contribution in [3.63, 3.8) is 0 Å². The first-order valence-electron chi connectivity index (χ1n) is 6.83. The van der Waals surface area contributed by atoms with E-state index in [0.717, 1.165) is 19.3 Å². The maximum Gasteiger partial charge on any atom is 0.223 e. The van der Waals surface area contributed by atoms with E-state index in [1.54, 1.807) is 6.92 Å². The molecule has 0 heterocycles. The Kier molecular flexibility index (Phi) is 4.99. The Bertz CT molecular complexity index is 261. The summed E-state index contributed by atoms with van der Waals surface area (Å²) in [6.45, 7) is 8.28. The molecule has 17 heavy (non-hydrogen) atoms. The maximum atomic E-state index is 12.0. The number of carbonyl (C=O) groups excluding carboxylic acids is 1. The predicted molar refractivity (Wildman–Crippen MR) is 69.6 cm³/mol. The molecule has 0 bridgehead atoms. The van der Waals surface area contributed by atoms with Crippen molar-refractivity contribution in [3.8, 4) is 0 Å². The highest BCUT2D eigenvalue weighted by atomic mass is 16.3. The lowest BCUT2D eigenvalue weighted by Gasteiger charge is -2.30. The molecular weight excluding hydrogens is 214 g/mol. The van der Waals surface area contributed by atoms with Crippen LogP contribution in [0.5, 0.6) is 0 Å². The monoisotopic (exact) mass is 241 g/mol. The first-order valence-corrected chi connectivity index (χ1v) is 6.83. The van der Waals surface area contributed by atoms with Gasteiger partial charge in [0.25, 0.3) is 0 Å². The summed E-state index contributed by atoms with van der Waals surface area (Å²) >= 11 is 0. The van der Waals surface area contributed by atoms with Crippen LogP contribution in [0.4, 0.5) is 0 Å². The van der Waals surface area contributed by atoms with Crippen molar-refractivity contribution in [2.45, 2.75) is 59.0 Å². The molecule has 3 atom stereocenters. The SMILES string of the molecule is CC1CCCC(C(=O)NCC(C)(O)C(C)C)C1. The van der Waals surface area contributed by atoms with E-state index in [4.69, 9.17) is 0 Å². The van der Waals surface area contributed by atoms with Crippen molar-refractivity contribution in [1.82, 2.24) is 5.32 Å². The van der Waals surface area contributed by atoms with E-state index < -0.39 is 5.60 Å². The Labute approximate surface area is 105 Å². The van der Waals surface area contributed by atoms with E-state index in [0.29, 0.717) is 12.5 Å². The zero-order valence-corrected chi connectivity index (χ0v) is 11.6. The molecule has 0 aromatic rings. The van der Waals surface area contributed by atoms with Crippen LogP contribution in [0.3, 0.4) is 0 Å². The zero-order valence-electron chi connectivity index (χ0n) is 11.6. The number of nitrogens with one attached hydrogen (secondary N) is 1. The van der Waals surface area contributed by atoms with Crippen LogP contribution in [0.2, 0.25) is 0 Å². The van der Waals surface area contributed by atoms with Crippen molar-refractivity contribution in [2.75, 3.05) is 6.54 Å². The Morgan fingerprint density at radius 2 is 2.12 bits per heavy atom. The molecule has 1 aliphatic carbocycles. The summed E-state index contributed by atoms with van der Waals surface area (Å²) in [6.07, 6.45) is 4.39. The van der Waals surface area contributed by atoms with Crippen LogP contribution in [0.15, 0.2) is 0 Å². The lowest BCUT2D eigenvalue weighted by Crippen LogP contribution is -2.46. The van der Waals surface area contributed by atoms with Gasteiger partial charge in [0.15, 0.2) is 0 Å². The smallest absolute Gasteiger partial charge is 0.223 e. The number of aliphatic hydroxyl groups is 1. The summed E-state index contributed by atoms with van der Waals surface area (Å²) < 4.78 is 0. The first kappa shape index (κ1) is 14.5.